The molecule has 1 aliphatic rings. The number of carbonyl (C=O) groups excluding carboxylic acids is 2. The molecule has 0 saturated carbocycles. The summed E-state index contributed by atoms with van der Waals surface area (Å²) in [5, 5.41) is 0.163. The molecule has 0 unspecified atom stereocenters. The van der Waals surface area contributed by atoms with Crippen molar-refractivity contribution in [2.24, 2.45) is 0 Å². The van der Waals surface area contributed by atoms with E-state index in [1.54, 1.807) is 18.2 Å². The van der Waals surface area contributed by atoms with E-state index in [1.807, 2.05) is 0 Å². The first-order valence-electron chi connectivity index (χ1n) is 9.09. The van der Waals surface area contributed by atoms with Crippen molar-refractivity contribution in [2.45, 2.75) is 12.7 Å². The molecule has 2 aromatic carbocycles. The van der Waals surface area contributed by atoms with Gasteiger partial charge in [0, 0.05) is 27.2 Å². The van der Waals surface area contributed by atoms with Gasteiger partial charge in [0.25, 0.3) is 11.1 Å². The van der Waals surface area contributed by atoms with Crippen LogP contribution in [0.4, 0.5) is 18.0 Å². The van der Waals surface area contributed by atoms with Gasteiger partial charge in [-0.15, -0.1) is 0 Å². The smallest absolute Gasteiger partial charge is 0.416 e. The van der Waals surface area contributed by atoms with Gasteiger partial charge in [-0.2, -0.15) is 13.2 Å². The van der Waals surface area contributed by atoms with Crippen LogP contribution in [0.3, 0.4) is 0 Å². The van der Waals surface area contributed by atoms with E-state index in [4.69, 9.17) is 27.6 Å². The van der Waals surface area contributed by atoms with Crippen LogP contribution in [0, 0.1) is 0 Å². The summed E-state index contributed by atoms with van der Waals surface area (Å²) < 4.78 is 44.4. The molecule has 0 spiro atoms. The molecule has 0 N–H and O–H groups in total. The molecule has 4 rings (SSSR count). The lowest BCUT2D eigenvalue weighted by molar-refractivity contribution is -0.137. The Morgan fingerprint density at radius 2 is 1.69 bits per heavy atom. The van der Waals surface area contributed by atoms with Gasteiger partial charge in [0.15, 0.2) is 0 Å². The van der Waals surface area contributed by atoms with E-state index in [9.17, 15) is 22.8 Å². The average molecular weight is 498 g/mol. The molecular formula is C22H12Cl2F3NO3S. The number of furan rings is 1. The molecule has 164 valence electrons. The van der Waals surface area contributed by atoms with Crippen LogP contribution in [0.1, 0.15) is 16.9 Å². The monoisotopic (exact) mass is 497 g/mol. The summed E-state index contributed by atoms with van der Waals surface area (Å²) in [6, 6.07) is 12.6. The van der Waals surface area contributed by atoms with Crippen LogP contribution in [0.15, 0.2) is 63.9 Å². The maximum absolute atomic E-state index is 12.9. The lowest BCUT2D eigenvalue weighted by Gasteiger charge is -2.14. The van der Waals surface area contributed by atoms with E-state index in [-0.39, 0.29) is 28.5 Å². The SMILES string of the molecule is O=C1S/C(=C\c2ccc(-c3cccc(C(F)(F)F)c3)o2)C(=O)N1Cc1c(Cl)cccc1Cl. The van der Waals surface area contributed by atoms with E-state index in [1.165, 1.54) is 30.3 Å². The van der Waals surface area contributed by atoms with Crippen LogP contribution >= 0.6 is 35.0 Å². The third kappa shape index (κ3) is 4.57. The third-order valence-corrected chi connectivity index (χ3v) is 6.24. The minimum Gasteiger partial charge on any atom is -0.457 e. The van der Waals surface area contributed by atoms with Crippen molar-refractivity contribution < 1.29 is 27.2 Å². The van der Waals surface area contributed by atoms with Crippen molar-refractivity contribution in [3.63, 3.8) is 0 Å². The lowest BCUT2D eigenvalue weighted by Crippen LogP contribution is -2.27. The molecule has 4 nitrogen and oxygen atoms in total. The molecule has 10 heteroatoms. The summed E-state index contributed by atoms with van der Waals surface area (Å²) in [5.74, 6) is -0.129. The van der Waals surface area contributed by atoms with Gasteiger partial charge in [-0.05, 0) is 48.2 Å². The molecule has 0 atom stereocenters. The van der Waals surface area contributed by atoms with Crippen LogP contribution in [-0.4, -0.2) is 16.0 Å². The quantitative estimate of drug-likeness (QED) is 0.350. The van der Waals surface area contributed by atoms with Crippen molar-refractivity contribution in [1.82, 2.24) is 4.90 Å². The predicted octanol–water partition coefficient (Wildman–Crippen LogP) is 7.51. The highest BCUT2D eigenvalue weighted by atomic mass is 35.5. The molecule has 1 fully saturated rings. The summed E-state index contributed by atoms with van der Waals surface area (Å²) in [7, 11) is 0. The van der Waals surface area contributed by atoms with E-state index < -0.39 is 22.9 Å². The topological polar surface area (TPSA) is 50.5 Å². The number of alkyl halides is 3. The summed E-state index contributed by atoms with van der Waals surface area (Å²) in [4.78, 5) is 26.2. The lowest BCUT2D eigenvalue weighted by atomic mass is 10.1. The summed E-state index contributed by atoms with van der Waals surface area (Å²) in [6.07, 6.45) is -3.11. The maximum atomic E-state index is 12.9. The number of imide groups is 1. The second kappa shape index (κ2) is 8.69. The fourth-order valence-electron chi connectivity index (χ4n) is 3.04. The normalized spacial score (nSPS) is 15.8. The number of rotatable bonds is 4. The third-order valence-electron chi connectivity index (χ3n) is 4.63. The van der Waals surface area contributed by atoms with Crippen LogP contribution in [0.5, 0.6) is 0 Å². The molecule has 3 aromatic rings. The fourth-order valence-corrected chi connectivity index (χ4v) is 4.38. The van der Waals surface area contributed by atoms with Crippen LogP contribution in [-0.2, 0) is 17.5 Å². The highest BCUT2D eigenvalue weighted by Crippen LogP contribution is 2.37. The highest BCUT2D eigenvalue weighted by Gasteiger charge is 2.36. The van der Waals surface area contributed by atoms with E-state index in [0.717, 1.165) is 28.8 Å². The second-order valence-electron chi connectivity index (χ2n) is 6.75. The Hall–Kier alpha value is -2.68. The molecule has 2 heterocycles. The molecule has 0 bridgehead atoms. The molecule has 1 aromatic heterocycles. The Morgan fingerprint density at radius 1 is 1.00 bits per heavy atom. The maximum Gasteiger partial charge on any atom is 0.416 e. The van der Waals surface area contributed by atoms with Gasteiger partial charge in [0.1, 0.15) is 11.5 Å². The van der Waals surface area contributed by atoms with Gasteiger partial charge in [-0.3, -0.25) is 14.5 Å². The zero-order valence-electron chi connectivity index (χ0n) is 16.0. The van der Waals surface area contributed by atoms with E-state index >= 15 is 0 Å². The van der Waals surface area contributed by atoms with Crippen LogP contribution in [0.25, 0.3) is 17.4 Å². The van der Waals surface area contributed by atoms with Gasteiger partial charge < -0.3 is 4.42 Å². The largest absolute Gasteiger partial charge is 0.457 e. The molecule has 0 aliphatic carbocycles. The number of hydrogen-bond acceptors (Lipinski definition) is 4. The first-order chi connectivity index (χ1) is 15.1. The van der Waals surface area contributed by atoms with Gasteiger partial charge in [-0.25, -0.2) is 0 Å². The predicted molar refractivity (Wildman–Crippen MR) is 117 cm³/mol. The van der Waals surface area contributed by atoms with Crippen molar-refractivity contribution in [3.8, 4) is 11.3 Å². The van der Waals surface area contributed by atoms with Crippen molar-refractivity contribution >= 4 is 52.2 Å². The average Bonchev–Trinajstić information content (AvgIpc) is 3.30. The van der Waals surface area contributed by atoms with Gasteiger partial charge in [0.2, 0.25) is 0 Å². The number of benzene rings is 2. The number of thioether (sulfide) groups is 1. The summed E-state index contributed by atoms with van der Waals surface area (Å²) >= 11 is 13.0. The number of hydrogen-bond donors (Lipinski definition) is 0. The Morgan fingerprint density at radius 3 is 2.38 bits per heavy atom. The fraction of sp³-hybridized carbons (Fsp3) is 0.0909. The number of carbonyl (C=O) groups is 2. The van der Waals surface area contributed by atoms with Crippen LogP contribution in [0.2, 0.25) is 10.0 Å². The summed E-state index contributed by atoms with van der Waals surface area (Å²) in [5.41, 5.74) is -0.113. The zero-order valence-corrected chi connectivity index (χ0v) is 18.3. The molecule has 0 radical (unpaired) electrons. The van der Waals surface area contributed by atoms with Crippen molar-refractivity contribution in [3.05, 3.63) is 86.4 Å². The number of amides is 2. The minimum atomic E-state index is -4.48. The first kappa shape index (κ1) is 22.5. The molecule has 1 aliphatic heterocycles. The van der Waals surface area contributed by atoms with Gasteiger partial charge in [-0.1, -0.05) is 41.4 Å². The first-order valence-corrected chi connectivity index (χ1v) is 10.7. The molecule has 32 heavy (non-hydrogen) atoms. The molecular weight excluding hydrogens is 486 g/mol. The number of halogens is 5. The van der Waals surface area contributed by atoms with Gasteiger partial charge >= 0.3 is 6.18 Å². The summed E-state index contributed by atoms with van der Waals surface area (Å²) in [6.45, 7) is -0.0891. The second-order valence-corrected chi connectivity index (χ2v) is 8.56. The van der Waals surface area contributed by atoms with Crippen LogP contribution < -0.4 is 0 Å². The Kier molecular flexibility index (Phi) is 6.11. The Labute approximate surface area is 194 Å². The Balaban J connectivity index is 1.56. The van der Waals surface area contributed by atoms with Gasteiger partial charge in [0.05, 0.1) is 17.0 Å². The minimum absolute atomic E-state index is 0.0891. The highest BCUT2D eigenvalue weighted by molar-refractivity contribution is 8.18. The Bertz CT molecular complexity index is 1230. The number of nitrogens with zero attached hydrogens (tertiary/aromatic N) is 1. The molecule has 1 saturated heterocycles. The molecule has 2 amide bonds. The zero-order chi connectivity index (χ0) is 23.0. The van der Waals surface area contributed by atoms with Crippen molar-refractivity contribution in [2.75, 3.05) is 0 Å². The van der Waals surface area contributed by atoms with E-state index in [2.05, 4.69) is 0 Å². The standard InChI is InChI=1S/C22H12Cl2F3NO3S/c23-16-5-2-6-17(24)15(16)11-28-20(29)19(32-21(28)30)10-14-7-8-18(31-14)12-3-1-4-13(9-12)22(25,26)27/h1-10H,11H2/b19-10-. The van der Waals surface area contributed by atoms with Crippen molar-refractivity contribution in [1.29, 1.82) is 0 Å². The van der Waals surface area contributed by atoms with E-state index in [0.29, 0.717) is 15.6 Å².